The molecular formula is C24H25N7O. The Morgan fingerprint density at radius 1 is 1.16 bits per heavy atom. The zero-order chi connectivity index (χ0) is 22.1. The quantitative estimate of drug-likeness (QED) is 0.452. The minimum Gasteiger partial charge on any atom is -0.366 e. The topological polar surface area (TPSA) is 110 Å². The molecule has 5 rings (SSSR count). The van der Waals surface area contributed by atoms with Gasteiger partial charge < -0.3 is 16.4 Å². The van der Waals surface area contributed by atoms with Crippen LogP contribution in [0.25, 0.3) is 16.9 Å². The van der Waals surface area contributed by atoms with Gasteiger partial charge in [-0.05, 0) is 44.0 Å². The molecule has 0 atom stereocenters. The van der Waals surface area contributed by atoms with Crippen molar-refractivity contribution in [3.8, 4) is 11.4 Å². The van der Waals surface area contributed by atoms with E-state index in [1.807, 2.05) is 37.3 Å². The first-order chi connectivity index (χ1) is 15.6. The van der Waals surface area contributed by atoms with Crippen LogP contribution in [0.3, 0.4) is 0 Å². The Bertz CT molecular complexity index is 1300. The van der Waals surface area contributed by atoms with Crippen LogP contribution >= 0.6 is 0 Å². The first-order valence-electron chi connectivity index (χ1n) is 10.8. The van der Waals surface area contributed by atoms with E-state index in [1.54, 1.807) is 10.6 Å². The fraction of sp³-hybridized carbons (Fsp3) is 0.250. The number of nitrogens with two attached hydrogens (primary N) is 1. The Morgan fingerprint density at radius 3 is 2.81 bits per heavy atom. The van der Waals surface area contributed by atoms with Crippen LogP contribution in [-0.4, -0.2) is 32.0 Å². The number of rotatable bonds is 5. The minimum atomic E-state index is -0.524. The number of nitrogens with zero attached hydrogens (tertiary/aromatic N) is 4. The Labute approximate surface area is 185 Å². The number of carbonyl (C=O) groups is 1. The Hall–Kier alpha value is -3.78. The van der Waals surface area contributed by atoms with Gasteiger partial charge in [-0.2, -0.15) is 5.10 Å². The number of hydrogen-bond donors (Lipinski definition) is 3. The minimum absolute atomic E-state index is 0.332. The summed E-state index contributed by atoms with van der Waals surface area (Å²) >= 11 is 0. The first-order valence-corrected chi connectivity index (χ1v) is 10.8. The van der Waals surface area contributed by atoms with Gasteiger partial charge in [-0.1, -0.05) is 36.4 Å². The van der Waals surface area contributed by atoms with Crippen LogP contribution in [-0.2, 0) is 19.5 Å². The summed E-state index contributed by atoms with van der Waals surface area (Å²) in [5.41, 5.74) is 11.5. The zero-order valence-electron chi connectivity index (χ0n) is 17.9. The van der Waals surface area contributed by atoms with E-state index in [9.17, 15) is 4.79 Å². The van der Waals surface area contributed by atoms with Gasteiger partial charge in [0.2, 0.25) is 0 Å². The van der Waals surface area contributed by atoms with Crippen molar-refractivity contribution in [2.75, 3.05) is 11.9 Å². The van der Waals surface area contributed by atoms with Gasteiger partial charge in [0, 0.05) is 18.7 Å². The van der Waals surface area contributed by atoms with Gasteiger partial charge in [0.1, 0.15) is 11.5 Å². The van der Waals surface area contributed by atoms with Gasteiger partial charge in [-0.25, -0.2) is 14.5 Å². The van der Waals surface area contributed by atoms with Gasteiger partial charge >= 0.3 is 0 Å². The lowest BCUT2D eigenvalue weighted by atomic mass is 10.1. The number of hydrogen-bond acceptors (Lipinski definition) is 6. The number of aromatic nitrogens is 4. The molecule has 4 aromatic rings. The van der Waals surface area contributed by atoms with Crippen molar-refractivity contribution in [3.05, 3.63) is 76.7 Å². The summed E-state index contributed by atoms with van der Waals surface area (Å²) in [5.74, 6) is 0.909. The van der Waals surface area contributed by atoms with Crippen molar-refractivity contribution < 1.29 is 4.79 Å². The van der Waals surface area contributed by atoms with Gasteiger partial charge in [-0.15, -0.1) is 0 Å². The van der Waals surface area contributed by atoms with Crippen molar-refractivity contribution in [1.29, 1.82) is 0 Å². The van der Waals surface area contributed by atoms with Crippen LogP contribution in [0.1, 0.15) is 39.4 Å². The zero-order valence-corrected chi connectivity index (χ0v) is 17.9. The standard InChI is InChI=1S/C24H25N7O/c1-15-21(19-10-5-11-20(22(25)32)31(19)30-15)24-28-18-9-6-12-26-14-17(18)23(29-24)27-13-16-7-3-2-4-8-16/h2-5,7-8,10-11,26H,6,9,12-14H2,1H3,(H2,25,32)(H,27,28,29). The predicted octanol–water partition coefficient (Wildman–Crippen LogP) is 2.85. The lowest BCUT2D eigenvalue weighted by Crippen LogP contribution is -2.16. The highest BCUT2D eigenvalue weighted by Gasteiger charge is 2.22. The maximum Gasteiger partial charge on any atom is 0.267 e. The van der Waals surface area contributed by atoms with Crippen LogP contribution in [0.15, 0.2) is 48.5 Å². The Morgan fingerprint density at radius 2 is 2.00 bits per heavy atom. The summed E-state index contributed by atoms with van der Waals surface area (Å²) in [4.78, 5) is 21.8. The summed E-state index contributed by atoms with van der Waals surface area (Å²) in [6.07, 6.45) is 1.89. The van der Waals surface area contributed by atoms with Crippen molar-refractivity contribution >= 4 is 17.2 Å². The molecule has 0 aliphatic carbocycles. The van der Waals surface area contributed by atoms with E-state index >= 15 is 0 Å². The second kappa shape index (κ2) is 8.39. The van der Waals surface area contributed by atoms with E-state index in [0.717, 1.165) is 59.8 Å². The smallest absolute Gasteiger partial charge is 0.267 e. The number of primary amides is 1. The van der Waals surface area contributed by atoms with Crippen LogP contribution in [0.4, 0.5) is 5.82 Å². The average molecular weight is 428 g/mol. The van der Waals surface area contributed by atoms with Crippen molar-refractivity contribution in [3.63, 3.8) is 0 Å². The van der Waals surface area contributed by atoms with Crippen molar-refractivity contribution in [1.82, 2.24) is 24.9 Å². The van der Waals surface area contributed by atoms with E-state index < -0.39 is 5.91 Å². The third kappa shape index (κ3) is 3.69. The molecule has 1 amide bonds. The second-order valence-corrected chi connectivity index (χ2v) is 7.97. The molecule has 0 saturated heterocycles. The number of benzene rings is 1. The molecule has 0 saturated carbocycles. The molecule has 0 spiro atoms. The Balaban J connectivity index is 1.63. The summed E-state index contributed by atoms with van der Waals surface area (Å²) in [6.45, 7) is 4.25. The Kier molecular flexibility index (Phi) is 5.28. The lowest BCUT2D eigenvalue weighted by Gasteiger charge is -2.15. The molecule has 1 aromatic carbocycles. The van der Waals surface area contributed by atoms with Gasteiger partial charge in [0.25, 0.3) is 5.91 Å². The molecule has 162 valence electrons. The largest absolute Gasteiger partial charge is 0.366 e. The molecular weight excluding hydrogens is 402 g/mol. The normalized spacial score (nSPS) is 13.5. The third-order valence-corrected chi connectivity index (χ3v) is 5.77. The highest BCUT2D eigenvalue weighted by molar-refractivity contribution is 5.93. The number of fused-ring (bicyclic) bond motifs is 2. The molecule has 4 N–H and O–H groups in total. The SMILES string of the molecule is Cc1nn2c(C(N)=O)cccc2c1-c1nc2c(c(NCc3ccccc3)n1)CNCCC2. The maximum absolute atomic E-state index is 11.9. The maximum atomic E-state index is 11.9. The molecule has 8 heteroatoms. The van der Waals surface area contributed by atoms with Crippen molar-refractivity contribution in [2.45, 2.75) is 32.9 Å². The van der Waals surface area contributed by atoms with Crippen LogP contribution in [0, 0.1) is 6.92 Å². The molecule has 0 radical (unpaired) electrons. The van der Waals surface area contributed by atoms with E-state index in [2.05, 4.69) is 27.9 Å². The molecule has 32 heavy (non-hydrogen) atoms. The average Bonchev–Trinajstić information content (AvgIpc) is 2.96. The summed E-state index contributed by atoms with van der Waals surface area (Å²) < 4.78 is 1.58. The fourth-order valence-electron chi connectivity index (χ4n) is 4.20. The van der Waals surface area contributed by atoms with Gasteiger partial charge in [0.15, 0.2) is 5.82 Å². The van der Waals surface area contributed by atoms with E-state index in [4.69, 9.17) is 15.7 Å². The van der Waals surface area contributed by atoms with E-state index in [0.29, 0.717) is 18.1 Å². The number of anilines is 1. The fourth-order valence-corrected chi connectivity index (χ4v) is 4.20. The van der Waals surface area contributed by atoms with Crippen molar-refractivity contribution in [2.24, 2.45) is 5.73 Å². The van der Waals surface area contributed by atoms with Crippen LogP contribution in [0.2, 0.25) is 0 Å². The first kappa shape index (κ1) is 20.1. The molecule has 0 unspecified atom stereocenters. The summed E-state index contributed by atoms with van der Waals surface area (Å²) in [5, 5.41) is 11.6. The number of nitrogens with one attached hydrogen (secondary N) is 2. The number of carbonyl (C=O) groups excluding carboxylic acids is 1. The van der Waals surface area contributed by atoms with Gasteiger partial charge in [-0.3, -0.25) is 4.79 Å². The summed E-state index contributed by atoms with van der Waals surface area (Å²) in [7, 11) is 0. The predicted molar refractivity (Wildman–Crippen MR) is 123 cm³/mol. The van der Waals surface area contributed by atoms with Gasteiger partial charge in [0.05, 0.1) is 22.5 Å². The van der Waals surface area contributed by atoms with E-state index in [1.165, 1.54) is 5.56 Å². The summed E-state index contributed by atoms with van der Waals surface area (Å²) in [6, 6.07) is 15.6. The molecule has 0 fully saturated rings. The lowest BCUT2D eigenvalue weighted by molar-refractivity contribution is 0.0993. The van der Waals surface area contributed by atoms with E-state index in [-0.39, 0.29) is 0 Å². The number of aryl methyl sites for hydroxylation is 2. The molecule has 4 heterocycles. The van der Waals surface area contributed by atoms with Crippen LogP contribution < -0.4 is 16.4 Å². The molecule has 1 aliphatic rings. The molecule has 8 nitrogen and oxygen atoms in total. The highest BCUT2D eigenvalue weighted by Crippen LogP contribution is 2.30. The molecule has 3 aromatic heterocycles. The monoisotopic (exact) mass is 427 g/mol. The molecule has 0 bridgehead atoms. The number of amides is 1. The van der Waals surface area contributed by atoms with Crippen LogP contribution in [0.5, 0.6) is 0 Å². The third-order valence-electron chi connectivity index (χ3n) is 5.77. The second-order valence-electron chi connectivity index (χ2n) is 7.97. The molecule has 1 aliphatic heterocycles. The highest BCUT2D eigenvalue weighted by atomic mass is 16.1. The number of pyridine rings is 1.